The molecule has 4 heteroatoms. The Morgan fingerprint density at radius 3 is 2.55 bits per heavy atom. The Labute approximate surface area is 120 Å². The maximum Gasteiger partial charge on any atom is 0.129 e. The number of aryl methyl sites for hydroxylation is 1. The molecule has 2 aromatic rings. The molecule has 0 amide bonds. The van der Waals surface area contributed by atoms with Crippen LogP contribution in [0.1, 0.15) is 25.1 Å². The van der Waals surface area contributed by atoms with Crippen LogP contribution in [0.15, 0.2) is 36.7 Å². The summed E-state index contributed by atoms with van der Waals surface area (Å²) < 4.78 is 5.66. The molecule has 1 heterocycles. The van der Waals surface area contributed by atoms with Crippen LogP contribution < -0.4 is 10.1 Å². The van der Waals surface area contributed by atoms with Gasteiger partial charge in [-0.3, -0.25) is 0 Å². The molecular weight excluding hydrogens is 250 g/mol. The minimum Gasteiger partial charge on any atom is -0.493 e. The predicted octanol–water partition coefficient (Wildman–Crippen LogP) is 3.43. The van der Waals surface area contributed by atoms with Crippen molar-refractivity contribution in [1.29, 1.82) is 0 Å². The molecule has 0 bridgehead atoms. The van der Waals surface area contributed by atoms with Gasteiger partial charge >= 0.3 is 0 Å². The van der Waals surface area contributed by atoms with Crippen molar-refractivity contribution in [3.63, 3.8) is 0 Å². The van der Waals surface area contributed by atoms with Gasteiger partial charge in [0.25, 0.3) is 0 Å². The molecule has 0 unspecified atom stereocenters. The summed E-state index contributed by atoms with van der Waals surface area (Å²) in [5.41, 5.74) is 2.15. The molecule has 1 aromatic carbocycles. The Morgan fingerprint density at radius 1 is 1.15 bits per heavy atom. The van der Waals surface area contributed by atoms with Crippen molar-refractivity contribution in [2.45, 2.75) is 27.3 Å². The minimum absolute atomic E-state index is 0.539. The molecule has 0 aliphatic heterocycles. The molecule has 2 rings (SSSR count). The summed E-state index contributed by atoms with van der Waals surface area (Å²) in [5, 5.41) is 3.28. The van der Waals surface area contributed by atoms with Gasteiger partial charge in [-0.2, -0.15) is 0 Å². The van der Waals surface area contributed by atoms with Gasteiger partial charge in [0, 0.05) is 18.3 Å². The molecule has 1 N–H and O–H groups in total. The summed E-state index contributed by atoms with van der Waals surface area (Å²) in [6, 6.07) is 10.1. The zero-order chi connectivity index (χ0) is 14.4. The third kappa shape index (κ3) is 4.53. The van der Waals surface area contributed by atoms with E-state index < -0.39 is 0 Å². The van der Waals surface area contributed by atoms with Gasteiger partial charge < -0.3 is 10.1 Å². The quantitative estimate of drug-likeness (QED) is 0.874. The maximum absolute atomic E-state index is 5.66. The van der Waals surface area contributed by atoms with Crippen molar-refractivity contribution < 1.29 is 4.74 Å². The van der Waals surface area contributed by atoms with Crippen LogP contribution >= 0.6 is 0 Å². The fourth-order valence-electron chi connectivity index (χ4n) is 1.71. The molecule has 0 aliphatic rings. The van der Waals surface area contributed by atoms with Crippen LogP contribution in [-0.2, 0) is 6.54 Å². The largest absolute Gasteiger partial charge is 0.493 e. The van der Waals surface area contributed by atoms with E-state index in [2.05, 4.69) is 41.3 Å². The van der Waals surface area contributed by atoms with Crippen LogP contribution in [0.2, 0.25) is 0 Å². The number of rotatable bonds is 6. The highest BCUT2D eigenvalue weighted by Gasteiger charge is 1.99. The lowest BCUT2D eigenvalue weighted by molar-refractivity contribution is 0.271. The van der Waals surface area contributed by atoms with Crippen molar-refractivity contribution in [2.75, 3.05) is 11.9 Å². The van der Waals surface area contributed by atoms with E-state index in [0.717, 1.165) is 30.4 Å². The average molecular weight is 271 g/mol. The van der Waals surface area contributed by atoms with Crippen LogP contribution in [0.5, 0.6) is 5.75 Å². The Kier molecular flexibility index (Phi) is 4.93. The van der Waals surface area contributed by atoms with Gasteiger partial charge in [0.15, 0.2) is 0 Å². The van der Waals surface area contributed by atoms with Crippen molar-refractivity contribution in [2.24, 2.45) is 5.92 Å². The molecular formula is C16H21N3O. The van der Waals surface area contributed by atoms with E-state index in [1.54, 1.807) is 6.33 Å². The highest BCUT2D eigenvalue weighted by atomic mass is 16.5. The van der Waals surface area contributed by atoms with Gasteiger partial charge in [-0.25, -0.2) is 9.97 Å². The first-order valence-corrected chi connectivity index (χ1v) is 6.88. The number of hydrogen-bond donors (Lipinski definition) is 1. The maximum atomic E-state index is 5.66. The number of benzene rings is 1. The first kappa shape index (κ1) is 14.3. The van der Waals surface area contributed by atoms with Crippen molar-refractivity contribution in [3.05, 3.63) is 47.9 Å². The van der Waals surface area contributed by atoms with E-state index in [9.17, 15) is 0 Å². The Morgan fingerprint density at radius 2 is 1.90 bits per heavy atom. The topological polar surface area (TPSA) is 47.0 Å². The SMILES string of the molecule is Cc1cc(NCc2ccc(OCC(C)C)cc2)ncn1. The second kappa shape index (κ2) is 6.89. The summed E-state index contributed by atoms with van der Waals surface area (Å²) in [6.07, 6.45) is 1.57. The standard InChI is InChI=1S/C16H21N3O/c1-12(2)10-20-15-6-4-14(5-7-15)9-17-16-8-13(3)18-11-19-16/h4-8,11-12H,9-10H2,1-3H3,(H,17,18,19). The van der Waals surface area contributed by atoms with Gasteiger partial charge in [-0.1, -0.05) is 26.0 Å². The Bertz CT molecular complexity index is 538. The Balaban J connectivity index is 1.87. The van der Waals surface area contributed by atoms with Gasteiger partial charge in [-0.05, 0) is 30.5 Å². The summed E-state index contributed by atoms with van der Waals surface area (Å²) in [4.78, 5) is 8.25. The lowest BCUT2D eigenvalue weighted by atomic mass is 10.2. The molecule has 0 saturated carbocycles. The lowest BCUT2D eigenvalue weighted by Gasteiger charge is -2.10. The monoisotopic (exact) mass is 271 g/mol. The summed E-state index contributed by atoms with van der Waals surface area (Å²) in [6.45, 7) is 7.72. The van der Waals surface area contributed by atoms with E-state index in [1.807, 2.05) is 25.1 Å². The first-order chi connectivity index (χ1) is 9.63. The number of hydrogen-bond acceptors (Lipinski definition) is 4. The molecule has 0 fully saturated rings. The zero-order valence-electron chi connectivity index (χ0n) is 12.3. The van der Waals surface area contributed by atoms with Crippen molar-refractivity contribution in [3.8, 4) is 5.75 Å². The zero-order valence-corrected chi connectivity index (χ0v) is 12.3. The number of ether oxygens (including phenoxy) is 1. The summed E-state index contributed by atoms with van der Waals surface area (Å²) in [7, 11) is 0. The van der Waals surface area contributed by atoms with Crippen LogP contribution in [-0.4, -0.2) is 16.6 Å². The number of nitrogens with zero attached hydrogens (tertiary/aromatic N) is 2. The molecule has 20 heavy (non-hydrogen) atoms. The second-order valence-electron chi connectivity index (χ2n) is 5.25. The third-order valence-electron chi connectivity index (χ3n) is 2.78. The molecule has 1 aromatic heterocycles. The number of anilines is 1. The van der Waals surface area contributed by atoms with Gasteiger partial charge in [0.1, 0.15) is 17.9 Å². The smallest absolute Gasteiger partial charge is 0.129 e. The third-order valence-corrected chi connectivity index (χ3v) is 2.78. The van der Waals surface area contributed by atoms with Crippen LogP contribution in [0.25, 0.3) is 0 Å². The number of aromatic nitrogens is 2. The van der Waals surface area contributed by atoms with Crippen molar-refractivity contribution in [1.82, 2.24) is 9.97 Å². The molecule has 0 saturated heterocycles. The van der Waals surface area contributed by atoms with E-state index in [-0.39, 0.29) is 0 Å². The van der Waals surface area contributed by atoms with E-state index >= 15 is 0 Å². The summed E-state index contributed by atoms with van der Waals surface area (Å²) >= 11 is 0. The van der Waals surface area contributed by atoms with Crippen LogP contribution in [0, 0.1) is 12.8 Å². The second-order valence-corrected chi connectivity index (χ2v) is 5.25. The van der Waals surface area contributed by atoms with E-state index in [0.29, 0.717) is 5.92 Å². The van der Waals surface area contributed by atoms with Gasteiger partial charge in [0.05, 0.1) is 6.61 Å². The predicted molar refractivity (Wildman–Crippen MR) is 80.9 cm³/mol. The Hall–Kier alpha value is -2.10. The average Bonchev–Trinajstić information content (AvgIpc) is 2.44. The molecule has 0 radical (unpaired) electrons. The molecule has 106 valence electrons. The van der Waals surface area contributed by atoms with Gasteiger partial charge in [0.2, 0.25) is 0 Å². The van der Waals surface area contributed by atoms with E-state index in [4.69, 9.17) is 4.74 Å². The van der Waals surface area contributed by atoms with Gasteiger partial charge in [-0.15, -0.1) is 0 Å². The summed E-state index contributed by atoms with van der Waals surface area (Å²) in [5.74, 6) is 2.30. The van der Waals surface area contributed by atoms with Crippen LogP contribution in [0.3, 0.4) is 0 Å². The van der Waals surface area contributed by atoms with E-state index in [1.165, 1.54) is 5.56 Å². The molecule has 0 aliphatic carbocycles. The normalized spacial score (nSPS) is 10.6. The minimum atomic E-state index is 0.539. The fourth-order valence-corrected chi connectivity index (χ4v) is 1.71. The first-order valence-electron chi connectivity index (χ1n) is 6.88. The van der Waals surface area contributed by atoms with Crippen molar-refractivity contribution >= 4 is 5.82 Å². The lowest BCUT2D eigenvalue weighted by Crippen LogP contribution is -2.05. The molecule has 0 atom stereocenters. The van der Waals surface area contributed by atoms with Crippen LogP contribution in [0.4, 0.5) is 5.82 Å². The molecule has 0 spiro atoms. The number of nitrogens with one attached hydrogen (secondary N) is 1. The highest BCUT2D eigenvalue weighted by Crippen LogP contribution is 2.14. The molecule has 4 nitrogen and oxygen atoms in total. The fraction of sp³-hybridized carbons (Fsp3) is 0.375. The highest BCUT2D eigenvalue weighted by molar-refractivity contribution is 5.36.